The van der Waals surface area contributed by atoms with Crippen LogP contribution in [0.2, 0.25) is 0 Å². The molecule has 1 aliphatic heterocycles. The summed E-state index contributed by atoms with van der Waals surface area (Å²) < 4.78 is 10.9. The zero-order valence-corrected chi connectivity index (χ0v) is 16.7. The van der Waals surface area contributed by atoms with Crippen LogP contribution < -0.4 is 4.74 Å². The summed E-state index contributed by atoms with van der Waals surface area (Å²) in [6, 6.07) is 15.8. The molecule has 0 N–H and O–H groups in total. The van der Waals surface area contributed by atoms with Crippen LogP contribution in [0.5, 0.6) is 5.75 Å². The number of methoxy groups -OCH3 is 1. The molecule has 6 nitrogen and oxygen atoms in total. The van der Waals surface area contributed by atoms with Gasteiger partial charge in [-0.2, -0.15) is 0 Å². The third-order valence-corrected chi connectivity index (χ3v) is 5.70. The summed E-state index contributed by atoms with van der Waals surface area (Å²) in [6.07, 6.45) is 0. The Labute approximate surface area is 168 Å². The van der Waals surface area contributed by atoms with Crippen molar-refractivity contribution in [3.05, 3.63) is 54.1 Å². The third-order valence-electron chi connectivity index (χ3n) is 4.88. The summed E-state index contributed by atoms with van der Waals surface area (Å²) in [5, 5.41) is 0.549. The van der Waals surface area contributed by atoms with E-state index in [0.29, 0.717) is 11.0 Å². The van der Waals surface area contributed by atoms with Crippen LogP contribution in [0.15, 0.2) is 58.2 Å². The number of benzene rings is 2. The summed E-state index contributed by atoms with van der Waals surface area (Å²) in [5.74, 6) is 1.36. The average Bonchev–Trinajstić information content (AvgIpc) is 3.16. The third kappa shape index (κ3) is 4.48. The Morgan fingerprint density at radius 3 is 2.57 bits per heavy atom. The number of oxazole rings is 1. The molecule has 1 aromatic heterocycles. The van der Waals surface area contributed by atoms with Gasteiger partial charge in [-0.05, 0) is 29.8 Å². The fourth-order valence-corrected chi connectivity index (χ4v) is 4.01. The molecular weight excluding hydrogens is 374 g/mol. The quantitative estimate of drug-likeness (QED) is 0.595. The van der Waals surface area contributed by atoms with Crippen molar-refractivity contribution in [1.82, 2.24) is 14.8 Å². The number of hydrogen-bond acceptors (Lipinski definition) is 6. The molecule has 2 aromatic carbocycles. The number of aromatic nitrogens is 1. The minimum atomic E-state index is 0.136. The van der Waals surface area contributed by atoms with E-state index in [1.807, 2.05) is 41.3 Å². The van der Waals surface area contributed by atoms with Crippen molar-refractivity contribution in [2.75, 3.05) is 39.0 Å². The monoisotopic (exact) mass is 397 g/mol. The van der Waals surface area contributed by atoms with Crippen LogP contribution in [0, 0.1) is 0 Å². The number of amides is 1. The fraction of sp³-hybridized carbons (Fsp3) is 0.333. The first-order valence-corrected chi connectivity index (χ1v) is 10.3. The van der Waals surface area contributed by atoms with Crippen LogP contribution >= 0.6 is 11.8 Å². The Hall–Kier alpha value is -2.51. The molecule has 0 radical (unpaired) electrons. The number of ether oxygens (including phenoxy) is 1. The molecule has 0 bridgehead atoms. The summed E-state index contributed by atoms with van der Waals surface area (Å²) >= 11 is 1.36. The summed E-state index contributed by atoms with van der Waals surface area (Å²) in [6.45, 7) is 4.16. The van der Waals surface area contributed by atoms with Gasteiger partial charge < -0.3 is 14.1 Å². The minimum Gasteiger partial charge on any atom is -0.497 e. The highest BCUT2D eigenvalue weighted by Crippen LogP contribution is 2.23. The average molecular weight is 398 g/mol. The number of carbonyl (C=O) groups excluding carboxylic acids is 1. The number of piperazine rings is 1. The van der Waals surface area contributed by atoms with Crippen molar-refractivity contribution >= 4 is 28.8 Å². The van der Waals surface area contributed by atoms with E-state index in [2.05, 4.69) is 22.0 Å². The van der Waals surface area contributed by atoms with E-state index in [1.165, 1.54) is 17.3 Å². The number of nitrogens with zero attached hydrogens (tertiary/aromatic N) is 3. The van der Waals surface area contributed by atoms with E-state index < -0.39 is 0 Å². The molecule has 1 saturated heterocycles. The molecule has 0 aliphatic carbocycles. The van der Waals surface area contributed by atoms with Gasteiger partial charge in [-0.1, -0.05) is 36.0 Å². The number of para-hydroxylation sites is 2. The van der Waals surface area contributed by atoms with Gasteiger partial charge in [0.15, 0.2) is 5.58 Å². The topological polar surface area (TPSA) is 58.8 Å². The second-order valence-electron chi connectivity index (χ2n) is 6.74. The Kier molecular flexibility index (Phi) is 5.83. The van der Waals surface area contributed by atoms with Crippen LogP contribution in [0.3, 0.4) is 0 Å². The van der Waals surface area contributed by atoms with E-state index >= 15 is 0 Å². The van der Waals surface area contributed by atoms with Crippen LogP contribution in [0.25, 0.3) is 11.1 Å². The molecule has 4 rings (SSSR count). The van der Waals surface area contributed by atoms with Crippen molar-refractivity contribution in [3.8, 4) is 5.75 Å². The van der Waals surface area contributed by atoms with Gasteiger partial charge >= 0.3 is 0 Å². The molecule has 1 aliphatic rings. The molecular formula is C21H23N3O3S. The first-order chi connectivity index (χ1) is 13.7. The lowest BCUT2D eigenvalue weighted by atomic mass is 10.2. The highest BCUT2D eigenvalue weighted by atomic mass is 32.2. The Morgan fingerprint density at radius 2 is 1.86 bits per heavy atom. The standard InChI is InChI=1S/C21H23N3O3S/c1-26-17-8-6-16(7-9-17)14-23-10-12-24(13-11-23)20(25)15-28-21-22-18-4-2-3-5-19(18)27-21/h2-9H,10-15H2,1H3. The summed E-state index contributed by atoms with van der Waals surface area (Å²) in [7, 11) is 1.67. The second-order valence-corrected chi connectivity index (χ2v) is 7.67. The van der Waals surface area contributed by atoms with E-state index in [-0.39, 0.29) is 5.91 Å². The maximum absolute atomic E-state index is 12.5. The van der Waals surface area contributed by atoms with Crippen molar-refractivity contribution in [1.29, 1.82) is 0 Å². The molecule has 1 amide bonds. The van der Waals surface area contributed by atoms with Crippen LogP contribution in [-0.2, 0) is 11.3 Å². The molecule has 0 saturated carbocycles. The van der Waals surface area contributed by atoms with E-state index in [0.717, 1.165) is 49.6 Å². The molecule has 2 heterocycles. The Morgan fingerprint density at radius 1 is 1.11 bits per heavy atom. The molecule has 0 atom stereocenters. The fourth-order valence-electron chi connectivity index (χ4n) is 3.27. The van der Waals surface area contributed by atoms with Gasteiger partial charge in [0, 0.05) is 32.7 Å². The van der Waals surface area contributed by atoms with Crippen molar-refractivity contribution in [2.45, 2.75) is 11.8 Å². The van der Waals surface area contributed by atoms with Crippen LogP contribution in [-0.4, -0.2) is 59.7 Å². The van der Waals surface area contributed by atoms with E-state index in [1.54, 1.807) is 7.11 Å². The first-order valence-electron chi connectivity index (χ1n) is 9.33. The highest BCUT2D eigenvalue weighted by Gasteiger charge is 2.21. The zero-order chi connectivity index (χ0) is 19.3. The SMILES string of the molecule is COc1ccc(CN2CCN(C(=O)CSc3nc4ccccc4o3)CC2)cc1. The second kappa shape index (κ2) is 8.67. The molecule has 7 heteroatoms. The largest absolute Gasteiger partial charge is 0.497 e. The van der Waals surface area contributed by atoms with Crippen molar-refractivity contribution in [3.63, 3.8) is 0 Å². The van der Waals surface area contributed by atoms with Crippen molar-refractivity contribution in [2.24, 2.45) is 0 Å². The summed E-state index contributed by atoms with van der Waals surface area (Å²) in [5.41, 5.74) is 2.83. The number of carbonyl (C=O) groups is 1. The van der Waals surface area contributed by atoms with Gasteiger partial charge in [-0.3, -0.25) is 9.69 Å². The lowest BCUT2D eigenvalue weighted by Crippen LogP contribution is -2.48. The maximum Gasteiger partial charge on any atom is 0.257 e. The minimum absolute atomic E-state index is 0.136. The van der Waals surface area contributed by atoms with Gasteiger partial charge in [0.25, 0.3) is 5.22 Å². The number of fused-ring (bicyclic) bond motifs is 1. The maximum atomic E-state index is 12.5. The molecule has 146 valence electrons. The lowest BCUT2D eigenvalue weighted by Gasteiger charge is -2.34. The van der Waals surface area contributed by atoms with Crippen LogP contribution in [0.1, 0.15) is 5.56 Å². The predicted octanol–water partition coefficient (Wildman–Crippen LogP) is 3.27. The van der Waals surface area contributed by atoms with E-state index in [9.17, 15) is 4.79 Å². The molecule has 0 spiro atoms. The predicted molar refractivity (Wildman–Crippen MR) is 110 cm³/mol. The van der Waals surface area contributed by atoms with E-state index in [4.69, 9.17) is 9.15 Å². The Bertz CT molecular complexity index is 900. The molecule has 1 fully saturated rings. The smallest absolute Gasteiger partial charge is 0.257 e. The number of thioether (sulfide) groups is 1. The van der Waals surface area contributed by atoms with Gasteiger partial charge in [0.2, 0.25) is 5.91 Å². The van der Waals surface area contributed by atoms with Crippen LogP contribution in [0.4, 0.5) is 0 Å². The molecule has 3 aromatic rings. The summed E-state index contributed by atoms with van der Waals surface area (Å²) in [4.78, 5) is 21.2. The number of rotatable bonds is 6. The Balaban J connectivity index is 1.24. The zero-order valence-electron chi connectivity index (χ0n) is 15.8. The number of hydrogen-bond donors (Lipinski definition) is 0. The van der Waals surface area contributed by atoms with Crippen molar-refractivity contribution < 1.29 is 13.9 Å². The first kappa shape index (κ1) is 18.8. The normalized spacial score (nSPS) is 15.1. The van der Waals surface area contributed by atoms with Gasteiger partial charge in [0.05, 0.1) is 12.9 Å². The highest BCUT2D eigenvalue weighted by molar-refractivity contribution is 7.99. The van der Waals surface area contributed by atoms with Gasteiger partial charge in [0.1, 0.15) is 11.3 Å². The van der Waals surface area contributed by atoms with Gasteiger partial charge in [-0.15, -0.1) is 0 Å². The molecule has 28 heavy (non-hydrogen) atoms. The molecule has 0 unspecified atom stereocenters. The van der Waals surface area contributed by atoms with Gasteiger partial charge in [-0.25, -0.2) is 4.98 Å². The lowest BCUT2D eigenvalue weighted by molar-refractivity contribution is -0.130.